The van der Waals surface area contributed by atoms with Crippen LogP contribution in [0.4, 0.5) is 0 Å². The van der Waals surface area contributed by atoms with Crippen LogP contribution in [0.1, 0.15) is 36.4 Å². The summed E-state index contributed by atoms with van der Waals surface area (Å²) >= 11 is 6.13. The fraction of sp³-hybridized carbons (Fsp3) is 0.500. The van der Waals surface area contributed by atoms with Crippen LogP contribution in [0.3, 0.4) is 0 Å². The number of likely N-dealkylation sites (tertiary alicyclic amines) is 1. The Hall–Kier alpha value is -1.04. The first-order valence-electron chi connectivity index (χ1n) is 6.12. The van der Waals surface area contributed by atoms with E-state index in [1.165, 1.54) is 19.3 Å². The summed E-state index contributed by atoms with van der Waals surface area (Å²) in [5, 5.41) is 10.1. The van der Waals surface area contributed by atoms with Crippen LogP contribution in [0.5, 0.6) is 0 Å². The van der Waals surface area contributed by atoms with Gasteiger partial charge in [0, 0.05) is 5.02 Å². The number of halogens is 1. The van der Waals surface area contributed by atoms with Crippen LogP contribution in [0.25, 0.3) is 0 Å². The molecule has 1 aliphatic rings. The molecule has 1 atom stereocenters. The fourth-order valence-electron chi connectivity index (χ4n) is 2.32. The van der Waals surface area contributed by atoms with Gasteiger partial charge in [0.1, 0.15) is 6.04 Å². The largest absolute Gasteiger partial charge is 0.284 e. The molecular weight excluding hydrogens is 232 g/mol. The molecule has 0 amide bonds. The van der Waals surface area contributed by atoms with Gasteiger partial charge in [-0.25, -0.2) is 0 Å². The zero-order valence-corrected chi connectivity index (χ0v) is 10.9. The van der Waals surface area contributed by atoms with Gasteiger partial charge in [-0.05, 0) is 50.0 Å². The van der Waals surface area contributed by atoms with Crippen LogP contribution in [-0.4, -0.2) is 18.0 Å². The summed E-state index contributed by atoms with van der Waals surface area (Å²) in [6, 6.07) is 8.20. The number of rotatable bonds is 2. The third kappa shape index (κ3) is 2.80. The van der Waals surface area contributed by atoms with Crippen LogP contribution in [0, 0.1) is 18.3 Å². The summed E-state index contributed by atoms with van der Waals surface area (Å²) < 4.78 is 0. The molecule has 0 N–H and O–H groups in total. The number of nitriles is 1. The minimum Gasteiger partial charge on any atom is -0.284 e. The highest BCUT2D eigenvalue weighted by Crippen LogP contribution is 2.27. The van der Waals surface area contributed by atoms with E-state index in [9.17, 15) is 5.26 Å². The quantitative estimate of drug-likeness (QED) is 0.798. The van der Waals surface area contributed by atoms with Gasteiger partial charge in [0.15, 0.2) is 0 Å². The van der Waals surface area contributed by atoms with Gasteiger partial charge in [0.25, 0.3) is 0 Å². The van der Waals surface area contributed by atoms with E-state index in [0.29, 0.717) is 0 Å². The third-order valence-corrected chi connectivity index (χ3v) is 3.80. The summed E-state index contributed by atoms with van der Waals surface area (Å²) in [6.07, 6.45) is 3.67. The molecule has 1 aromatic rings. The van der Waals surface area contributed by atoms with Crippen LogP contribution in [0.2, 0.25) is 5.02 Å². The van der Waals surface area contributed by atoms with E-state index >= 15 is 0 Å². The molecule has 0 aromatic heterocycles. The van der Waals surface area contributed by atoms with Crippen molar-refractivity contribution in [2.45, 2.75) is 32.2 Å². The molecule has 1 unspecified atom stereocenters. The van der Waals surface area contributed by atoms with E-state index in [0.717, 1.165) is 29.2 Å². The second-order valence-electron chi connectivity index (χ2n) is 4.64. The maximum Gasteiger partial charge on any atom is 0.123 e. The van der Waals surface area contributed by atoms with E-state index in [-0.39, 0.29) is 6.04 Å². The summed E-state index contributed by atoms with van der Waals surface area (Å²) in [6.45, 7) is 4.02. The predicted octanol–water partition coefficient (Wildman–Crippen LogP) is 3.70. The Labute approximate surface area is 108 Å². The maximum absolute atomic E-state index is 9.36. The van der Waals surface area contributed by atoms with Gasteiger partial charge in [-0.1, -0.05) is 30.2 Å². The molecule has 2 rings (SSSR count). The molecule has 0 spiro atoms. The number of hydrogen-bond donors (Lipinski definition) is 0. The SMILES string of the molecule is Cc1ccc(C(C#N)N2CCCCC2)cc1Cl. The zero-order valence-electron chi connectivity index (χ0n) is 10.1. The van der Waals surface area contributed by atoms with Crippen molar-refractivity contribution < 1.29 is 0 Å². The normalized spacial score (nSPS) is 18.6. The van der Waals surface area contributed by atoms with Crippen molar-refractivity contribution in [2.24, 2.45) is 0 Å². The van der Waals surface area contributed by atoms with E-state index < -0.39 is 0 Å². The van der Waals surface area contributed by atoms with Gasteiger partial charge in [0.2, 0.25) is 0 Å². The van der Waals surface area contributed by atoms with Crippen molar-refractivity contribution in [3.63, 3.8) is 0 Å². The smallest absolute Gasteiger partial charge is 0.123 e. The van der Waals surface area contributed by atoms with Gasteiger partial charge in [-0.15, -0.1) is 0 Å². The second kappa shape index (κ2) is 5.53. The molecule has 90 valence electrons. The molecule has 0 radical (unpaired) electrons. The Morgan fingerprint density at radius 1 is 1.29 bits per heavy atom. The fourth-order valence-corrected chi connectivity index (χ4v) is 2.51. The highest BCUT2D eigenvalue weighted by molar-refractivity contribution is 6.31. The van der Waals surface area contributed by atoms with Gasteiger partial charge in [-0.2, -0.15) is 5.26 Å². The molecule has 3 heteroatoms. The Morgan fingerprint density at radius 3 is 2.59 bits per heavy atom. The van der Waals surface area contributed by atoms with E-state index in [1.54, 1.807) is 0 Å². The van der Waals surface area contributed by atoms with Crippen molar-refractivity contribution in [2.75, 3.05) is 13.1 Å². The molecule has 2 nitrogen and oxygen atoms in total. The van der Waals surface area contributed by atoms with Crippen molar-refractivity contribution in [3.05, 3.63) is 34.3 Å². The molecule has 0 aliphatic carbocycles. The first-order valence-corrected chi connectivity index (χ1v) is 6.50. The third-order valence-electron chi connectivity index (χ3n) is 3.39. The van der Waals surface area contributed by atoms with E-state index in [4.69, 9.17) is 11.6 Å². The molecule has 0 saturated carbocycles. The molecule has 1 fully saturated rings. The lowest BCUT2D eigenvalue weighted by molar-refractivity contribution is 0.196. The Bertz CT molecular complexity index is 430. The highest BCUT2D eigenvalue weighted by atomic mass is 35.5. The van der Waals surface area contributed by atoms with E-state index in [1.807, 2.05) is 25.1 Å². The monoisotopic (exact) mass is 248 g/mol. The predicted molar refractivity (Wildman–Crippen MR) is 70.0 cm³/mol. The summed E-state index contributed by atoms with van der Waals surface area (Å²) in [7, 11) is 0. The average molecular weight is 249 g/mol. The first-order chi connectivity index (χ1) is 8.22. The number of nitrogens with zero attached hydrogens (tertiary/aromatic N) is 2. The minimum absolute atomic E-state index is 0.145. The molecule has 1 aromatic carbocycles. The van der Waals surface area contributed by atoms with Gasteiger partial charge in [-0.3, -0.25) is 4.90 Å². The zero-order chi connectivity index (χ0) is 12.3. The molecule has 0 bridgehead atoms. The summed E-state index contributed by atoms with van der Waals surface area (Å²) in [5.74, 6) is 0. The standard InChI is InChI=1S/C14H17ClN2/c1-11-5-6-12(9-13(11)15)14(10-16)17-7-3-2-4-8-17/h5-6,9,14H,2-4,7-8H2,1H3. The molecular formula is C14H17ClN2. The van der Waals surface area contributed by atoms with Crippen LogP contribution >= 0.6 is 11.6 Å². The number of hydrogen-bond acceptors (Lipinski definition) is 2. The lowest BCUT2D eigenvalue weighted by Crippen LogP contribution is -2.33. The van der Waals surface area contributed by atoms with Gasteiger partial charge >= 0.3 is 0 Å². The van der Waals surface area contributed by atoms with Crippen molar-refractivity contribution >= 4 is 11.6 Å². The molecule has 1 saturated heterocycles. The number of benzene rings is 1. The summed E-state index contributed by atoms with van der Waals surface area (Å²) in [4.78, 5) is 2.25. The van der Waals surface area contributed by atoms with Crippen LogP contribution in [-0.2, 0) is 0 Å². The minimum atomic E-state index is -0.145. The Balaban J connectivity index is 2.22. The Kier molecular flexibility index (Phi) is 4.04. The average Bonchev–Trinajstić information content (AvgIpc) is 2.36. The van der Waals surface area contributed by atoms with Crippen molar-refractivity contribution in [1.29, 1.82) is 5.26 Å². The lowest BCUT2D eigenvalue weighted by atomic mass is 10.0. The van der Waals surface area contributed by atoms with Crippen molar-refractivity contribution in [1.82, 2.24) is 4.90 Å². The molecule has 17 heavy (non-hydrogen) atoms. The number of piperidine rings is 1. The molecule has 1 aliphatic heterocycles. The van der Waals surface area contributed by atoms with Crippen molar-refractivity contribution in [3.8, 4) is 6.07 Å². The number of aryl methyl sites for hydroxylation is 1. The van der Waals surface area contributed by atoms with Gasteiger partial charge < -0.3 is 0 Å². The lowest BCUT2D eigenvalue weighted by Gasteiger charge is -2.30. The van der Waals surface area contributed by atoms with Crippen LogP contribution in [0.15, 0.2) is 18.2 Å². The van der Waals surface area contributed by atoms with Gasteiger partial charge in [0.05, 0.1) is 6.07 Å². The molecule has 1 heterocycles. The highest BCUT2D eigenvalue weighted by Gasteiger charge is 2.22. The first kappa shape index (κ1) is 12.4. The Morgan fingerprint density at radius 2 is 2.00 bits per heavy atom. The summed E-state index contributed by atoms with van der Waals surface area (Å²) in [5.41, 5.74) is 2.08. The topological polar surface area (TPSA) is 27.0 Å². The second-order valence-corrected chi connectivity index (χ2v) is 5.04. The maximum atomic E-state index is 9.36. The van der Waals surface area contributed by atoms with Crippen LogP contribution < -0.4 is 0 Å². The van der Waals surface area contributed by atoms with E-state index in [2.05, 4.69) is 11.0 Å².